The van der Waals surface area contributed by atoms with Crippen molar-refractivity contribution in [3.05, 3.63) is 179 Å². The summed E-state index contributed by atoms with van der Waals surface area (Å²) in [6, 6.07) is 25.8. The number of hydrogen-bond donors (Lipinski definition) is 0. The lowest BCUT2D eigenvalue weighted by Gasteiger charge is -2.49. The van der Waals surface area contributed by atoms with Crippen LogP contribution in [0.1, 0.15) is 71.9 Å². The molecule has 2 heterocycles. The first-order valence-corrected chi connectivity index (χ1v) is 24.1. The number of piperidine rings is 1. The van der Waals surface area contributed by atoms with Crippen LogP contribution in [0.15, 0.2) is 109 Å². The van der Waals surface area contributed by atoms with Gasteiger partial charge in [-0.05, 0) is 139 Å². The fraction of sp³-hybridized carbons (Fsp3) is 0.340. The van der Waals surface area contributed by atoms with Gasteiger partial charge in [-0.1, -0.05) is 72.3 Å². The first-order chi connectivity index (χ1) is 35.6. The molecule has 74 heavy (non-hydrogen) atoms. The van der Waals surface area contributed by atoms with Crippen LogP contribution in [-0.2, 0) is 45.4 Å². The van der Waals surface area contributed by atoms with Crippen molar-refractivity contribution in [1.29, 1.82) is 0 Å². The standard InChI is InChI=1S/C53H51ClF2N4O14/c1-32-22-34(13-20-47(32)68-2)28-57(39-16-17-39)51(61)48-43(38-14-11-33(12-15-38)8-5-21-69-50-45(56)19-18-44(55)49(50)54)27-40-23-37(29-70-53(63)74-42-10-4-7-36(25-42)31-72-60(66)67)26-46(48)58(40)52(62)73-41-9-3-6-35(24-41)30-71-59(64)65/h3-4,6-7,9-15,18-20,22,24-25,37,39-40,46H,5,8,16-17,21,23,26-31H2,1-2H3. The van der Waals surface area contributed by atoms with Crippen LogP contribution in [0.5, 0.6) is 23.0 Å². The highest BCUT2D eigenvalue weighted by molar-refractivity contribution is 6.32. The molecule has 0 N–H and O–H groups in total. The highest BCUT2D eigenvalue weighted by Crippen LogP contribution is 2.46. The maximum atomic E-state index is 15.7. The zero-order valence-electron chi connectivity index (χ0n) is 40.2. The topological polar surface area (TPSA) is 209 Å². The summed E-state index contributed by atoms with van der Waals surface area (Å²) >= 11 is 5.95. The second kappa shape index (κ2) is 23.7. The van der Waals surface area contributed by atoms with Crippen LogP contribution in [-0.4, -0.2) is 76.6 Å². The molecule has 2 fully saturated rings. The Balaban J connectivity index is 1.10. The molecule has 2 amide bonds. The molecule has 1 saturated heterocycles. The quantitative estimate of drug-likeness (QED) is 0.0167. The SMILES string of the molecule is COc1ccc(CN(C(=O)C2=C(c3ccc(CCCOc4c(F)ccc(F)c4Cl)cc3)CC3CC(COC(=O)Oc4cccc(CO[N+](=O)[O-])c4)CC2N3C(=O)Oc2cccc(CO[N+](=O)[O-])c2)C2CC2)cc1C. The van der Waals surface area contributed by atoms with Crippen molar-refractivity contribution in [2.45, 2.75) is 89.8 Å². The van der Waals surface area contributed by atoms with Gasteiger partial charge >= 0.3 is 12.2 Å². The predicted molar refractivity (Wildman–Crippen MR) is 261 cm³/mol. The molecule has 0 radical (unpaired) electrons. The summed E-state index contributed by atoms with van der Waals surface area (Å²) in [6.07, 6.45) is 1.32. The van der Waals surface area contributed by atoms with Gasteiger partial charge in [0.1, 0.15) is 41.3 Å². The lowest BCUT2D eigenvalue weighted by Crippen LogP contribution is -2.58. The van der Waals surface area contributed by atoms with Gasteiger partial charge in [0.05, 0.1) is 26.4 Å². The number of nitrogens with zero attached hydrogens (tertiary/aromatic N) is 4. The third kappa shape index (κ3) is 13.1. The van der Waals surface area contributed by atoms with Gasteiger partial charge in [-0.3, -0.25) is 9.69 Å². The van der Waals surface area contributed by atoms with Crippen LogP contribution in [0, 0.1) is 44.7 Å². The Labute approximate surface area is 428 Å². The van der Waals surface area contributed by atoms with E-state index >= 15 is 4.79 Å². The fourth-order valence-corrected chi connectivity index (χ4v) is 9.65. The van der Waals surface area contributed by atoms with E-state index in [0.29, 0.717) is 41.7 Å². The molecule has 3 atom stereocenters. The Morgan fingerprint density at radius 1 is 0.797 bits per heavy atom. The second-order valence-electron chi connectivity index (χ2n) is 18.1. The largest absolute Gasteiger partial charge is 0.513 e. The van der Waals surface area contributed by atoms with Gasteiger partial charge in [0.25, 0.3) is 16.1 Å². The average molecular weight is 1040 g/mol. The van der Waals surface area contributed by atoms with E-state index in [0.717, 1.165) is 52.8 Å². The zero-order chi connectivity index (χ0) is 52.5. The number of hydrogen-bond acceptors (Lipinski definition) is 14. The normalized spacial score (nSPS) is 16.9. The zero-order valence-corrected chi connectivity index (χ0v) is 41.0. The molecule has 18 nitrogen and oxygen atoms in total. The van der Waals surface area contributed by atoms with Crippen molar-refractivity contribution in [3.8, 4) is 23.0 Å². The minimum Gasteiger partial charge on any atom is -0.496 e. The number of carbonyl (C=O) groups is 3. The minimum atomic E-state index is -1.04. The number of halogens is 3. The number of aryl methyl sites for hydroxylation is 2. The second-order valence-corrected chi connectivity index (χ2v) is 18.5. The minimum absolute atomic E-state index is 0.0554. The summed E-state index contributed by atoms with van der Waals surface area (Å²) in [6.45, 7) is 1.34. The maximum Gasteiger partial charge on any atom is 0.513 e. The van der Waals surface area contributed by atoms with Gasteiger partial charge in [-0.15, -0.1) is 20.2 Å². The fourth-order valence-electron chi connectivity index (χ4n) is 9.45. The number of methoxy groups -OCH3 is 1. The number of rotatable bonds is 21. The van der Waals surface area contributed by atoms with E-state index in [4.69, 9.17) is 35.3 Å². The van der Waals surface area contributed by atoms with Crippen molar-refractivity contribution >= 4 is 35.3 Å². The van der Waals surface area contributed by atoms with Gasteiger partial charge in [-0.2, -0.15) is 0 Å². The Hall–Kier alpha value is -8.00. The van der Waals surface area contributed by atoms with Crippen molar-refractivity contribution in [2.75, 3.05) is 20.3 Å². The average Bonchev–Trinajstić information content (AvgIpc) is 4.23. The molecule has 2 bridgehead atoms. The summed E-state index contributed by atoms with van der Waals surface area (Å²) in [5.41, 5.74) is 5.23. The monoisotopic (exact) mass is 1040 g/mol. The van der Waals surface area contributed by atoms with Crippen LogP contribution >= 0.6 is 11.6 Å². The van der Waals surface area contributed by atoms with E-state index in [1.54, 1.807) is 30.2 Å². The molecule has 0 spiro atoms. The summed E-state index contributed by atoms with van der Waals surface area (Å²) in [5, 5.41) is 19.4. The van der Waals surface area contributed by atoms with Crippen LogP contribution < -0.4 is 18.9 Å². The number of fused-ring (bicyclic) bond motifs is 2. The number of ether oxygens (including phenoxy) is 5. The Morgan fingerprint density at radius 3 is 2.08 bits per heavy atom. The van der Waals surface area contributed by atoms with Crippen LogP contribution in [0.25, 0.3) is 5.57 Å². The first-order valence-electron chi connectivity index (χ1n) is 23.7. The Kier molecular flexibility index (Phi) is 16.8. The molecule has 5 aromatic rings. The van der Waals surface area contributed by atoms with Gasteiger partial charge < -0.3 is 38.3 Å². The number of amides is 2. The van der Waals surface area contributed by atoms with Crippen molar-refractivity contribution in [1.82, 2.24) is 9.80 Å². The lowest BCUT2D eigenvalue weighted by atomic mass is 9.73. The molecule has 1 saturated carbocycles. The molecule has 3 aliphatic rings. The van der Waals surface area contributed by atoms with E-state index in [9.17, 15) is 38.6 Å². The molecule has 8 rings (SSSR count). The van der Waals surface area contributed by atoms with Crippen molar-refractivity contribution in [2.24, 2.45) is 5.92 Å². The van der Waals surface area contributed by atoms with Crippen LogP contribution in [0.3, 0.4) is 0 Å². The smallest absolute Gasteiger partial charge is 0.496 e. The third-order valence-corrected chi connectivity index (χ3v) is 13.3. The molecule has 0 aromatic heterocycles. The van der Waals surface area contributed by atoms with Crippen LogP contribution in [0.4, 0.5) is 18.4 Å². The number of carbonyl (C=O) groups excluding carboxylic acids is 3. The highest BCUT2D eigenvalue weighted by Gasteiger charge is 2.50. The molecular weight excluding hydrogens is 990 g/mol. The van der Waals surface area contributed by atoms with E-state index in [-0.39, 0.29) is 75.0 Å². The summed E-state index contributed by atoms with van der Waals surface area (Å²) in [7, 11) is 1.59. The molecule has 3 unspecified atom stereocenters. The van der Waals surface area contributed by atoms with E-state index < -0.39 is 57.1 Å². The molecule has 1 aliphatic carbocycles. The van der Waals surface area contributed by atoms with E-state index in [1.807, 2.05) is 54.3 Å². The molecular formula is C53H51ClF2N4O14. The van der Waals surface area contributed by atoms with Gasteiger partial charge in [0.2, 0.25) is 0 Å². The summed E-state index contributed by atoms with van der Waals surface area (Å²) < 4.78 is 56.5. The third-order valence-electron chi connectivity index (χ3n) is 13.0. The van der Waals surface area contributed by atoms with E-state index in [2.05, 4.69) is 9.68 Å². The highest BCUT2D eigenvalue weighted by atomic mass is 35.5. The van der Waals surface area contributed by atoms with Crippen LogP contribution in [0.2, 0.25) is 5.02 Å². The van der Waals surface area contributed by atoms with Crippen molar-refractivity contribution in [3.63, 3.8) is 0 Å². The summed E-state index contributed by atoms with van der Waals surface area (Å²) in [5.74, 6) is -1.76. The Bertz CT molecular complexity index is 2940. The molecule has 388 valence electrons. The van der Waals surface area contributed by atoms with Gasteiger partial charge in [0, 0.05) is 24.2 Å². The van der Waals surface area contributed by atoms with Crippen molar-refractivity contribution < 1.29 is 66.7 Å². The molecule has 21 heteroatoms. The molecule has 2 aliphatic heterocycles. The Morgan fingerprint density at radius 2 is 1.45 bits per heavy atom. The predicted octanol–water partition coefficient (Wildman–Crippen LogP) is 10.6. The first kappa shape index (κ1) is 52.3. The maximum absolute atomic E-state index is 15.7. The number of benzene rings is 5. The summed E-state index contributed by atoms with van der Waals surface area (Å²) in [4.78, 5) is 77.6. The van der Waals surface area contributed by atoms with Gasteiger partial charge in [-0.25, -0.2) is 18.4 Å². The lowest BCUT2D eigenvalue weighted by molar-refractivity contribution is -0.763. The van der Waals surface area contributed by atoms with Gasteiger partial charge in [0.15, 0.2) is 11.6 Å². The van der Waals surface area contributed by atoms with E-state index in [1.165, 1.54) is 30.3 Å². The molecule has 5 aromatic carbocycles.